The molecule has 0 bridgehead atoms. The molecular formula is C94H65BN2O2. The summed E-state index contributed by atoms with van der Waals surface area (Å²) < 4.78 is 14.1. The summed E-state index contributed by atoms with van der Waals surface area (Å²) in [5.74, 6) is 0. The van der Waals surface area contributed by atoms with Crippen molar-refractivity contribution in [2.75, 3.05) is 9.80 Å². The number of fused-ring (bicyclic) bond motifs is 10. The summed E-state index contributed by atoms with van der Waals surface area (Å²) >= 11 is 0. The lowest BCUT2D eigenvalue weighted by Crippen LogP contribution is -2.61. The Morgan fingerprint density at radius 3 is 0.939 bits per heavy atom. The first-order valence-corrected chi connectivity index (χ1v) is 34.3. The van der Waals surface area contributed by atoms with Gasteiger partial charge >= 0.3 is 0 Å². The molecule has 466 valence electrons. The zero-order valence-electron chi connectivity index (χ0n) is 55.1. The molecule has 99 heavy (non-hydrogen) atoms. The van der Waals surface area contributed by atoms with Gasteiger partial charge in [0, 0.05) is 44.6 Å². The van der Waals surface area contributed by atoms with Crippen molar-refractivity contribution in [2.24, 2.45) is 0 Å². The van der Waals surface area contributed by atoms with E-state index in [4.69, 9.17) is 8.83 Å². The molecule has 0 saturated heterocycles. The lowest BCUT2D eigenvalue weighted by atomic mass is 9.33. The number of para-hydroxylation sites is 2. The molecule has 0 N–H and O–H groups in total. The van der Waals surface area contributed by atoms with Crippen LogP contribution in [0, 0.1) is 0 Å². The second-order valence-electron chi connectivity index (χ2n) is 27.5. The van der Waals surface area contributed by atoms with Crippen LogP contribution in [0.5, 0.6) is 0 Å². The first-order chi connectivity index (χ1) is 48.7. The Labute approximate surface area is 576 Å². The minimum atomic E-state index is -0.331. The SMILES string of the molecule is CC(C)(C)c1cc2c3c(c1)N(c1c(-c4cccc(-c5ccccc5)c4)ccc4oc5ccccc5c14)c1ccc(-c4cccc(-c5ccccc5)c4)cc1B3c1cc(-c3cccc(-c4ccccc4)c3)ccc1N2c1c(-c2cccc(-c3ccccc3)c2)ccc2oc3ccccc3c12. The number of hydrogen-bond donors (Lipinski definition) is 0. The van der Waals surface area contributed by atoms with Gasteiger partial charge in [-0.3, -0.25) is 0 Å². The Bertz CT molecular complexity index is 5680. The summed E-state index contributed by atoms with van der Waals surface area (Å²) in [6, 6.07) is 125. The topological polar surface area (TPSA) is 32.8 Å². The van der Waals surface area contributed by atoms with Gasteiger partial charge in [-0.15, -0.1) is 0 Å². The third kappa shape index (κ3) is 9.75. The molecule has 19 rings (SSSR count). The van der Waals surface area contributed by atoms with Gasteiger partial charge in [-0.25, -0.2) is 0 Å². The van der Waals surface area contributed by atoms with Crippen molar-refractivity contribution in [3.05, 3.63) is 345 Å². The van der Waals surface area contributed by atoms with Crippen LogP contribution in [0.4, 0.5) is 34.1 Å². The van der Waals surface area contributed by atoms with E-state index in [0.717, 1.165) is 145 Å². The van der Waals surface area contributed by atoms with Crippen LogP contribution < -0.4 is 26.2 Å². The molecule has 2 aliphatic rings. The molecule has 0 unspecified atom stereocenters. The van der Waals surface area contributed by atoms with Crippen molar-refractivity contribution in [3.63, 3.8) is 0 Å². The highest BCUT2D eigenvalue weighted by molar-refractivity contribution is 7.00. The number of nitrogens with zero attached hydrogens (tertiary/aromatic N) is 2. The summed E-state index contributed by atoms with van der Waals surface area (Å²) in [6.45, 7) is 6.80. The van der Waals surface area contributed by atoms with Crippen molar-refractivity contribution < 1.29 is 8.83 Å². The van der Waals surface area contributed by atoms with Crippen LogP contribution in [0.3, 0.4) is 0 Å². The van der Waals surface area contributed by atoms with Gasteiger partial charge in [-0.1, -0.05) is 276 Å². The highest BCUT2D eigenvalue weighted by Crippen LogP contribution is 2.55. The van der Waals surface area contributed by atoms with E-state index in [1.54, 1.807) is 0 Å². The van der Waals surface area contributed by atoms with Crippen LogP contribution in [0.25, 0.3) is 133 Å². The lowest BCUT2D eigenvalue weighted by molar-refractivity contribution is 0.590. The third-order valence-electron chi connectivity index (χ3n) is 20.6. The number of hydrogen-bond acceptors (Lipinski definition) is 4. The second-order valence-corrected chi connectivity index (χ2v) is 27.5. The van der Waals surface area contributed by atoms with Crippen LogP contribution in [0.15, 0.2) is 349 Å². The fourth-order valence-corrected chi connectivity index (χ4v) is 15.8. The van der Waals surface area contributed by atoms with Crippen molar-refractivity contribution in [3.8, 4) is 89.0 Å². The molecule has 0 atom stereocenters. The first-order valence-electron chi connectivity index (χ1n) is 34.3. The van der Waals surface area contributed by atoms with Gasteiger partial charge < -0.3 is 18.6 Å². The van der Waals surface area contributed by atoms with Crippen LogP contribution in [0.2, 0.25) is 0 Å². The van der Waals surface area contributed by atoms with Gasteiger partial charge in [0.25, 0.3) is 6.71 Å². The summed E-state index contributed by atoms with van der Waals surface area (Å²) in [4.78, 5) is 5.29. The number of furan rings is 2. The van der Waals surface area contributed by atoms with E-state index in [1.165, 1.54) is 44.2 Å². The molecule has 0 radical (unpaired) electrons. The predicted octanol–water partition coefficient (Wildman–Crippen LogP) is 24.2. The Hall–Kier alpha value is -12.4. The summed E-state index contributed by atoms with van der Waals surface area (Å²) in [7, 11) is 0. The molecule has 2 aliphatic heterocycles. The van der Waals surface area contributed by atoms with Gasteiger partial charge in [0.05, 0.1) is 22.1 Å². The summed E-state index contributed by atoms with van der Waals surface area (Å²) in [6.07, 6.45) is 0. The predicted molar refractivity (Wildman–Crippen MR) is 417 cm³/mol. The van der Waals surface area contributed by atoms with E-state index < -0.39 is 0 Å². The summed E-state index contributed by atoms with van der Waals surface area (Å²) in [5, 5.41) is 4.21. The fourth-order valence-electron chi connectivity index (χ4n) is 15.8. The standard InChI is InChI=1S/C94H65BN2O2/c1-94(2,3)74-58-83-91-84(59-74)97(93-76(47-51-88-90(93)78-41-17-19-43-86(78)99-88)73-39-23-35-67(55-73)63-30-14-7-15-31-63)82-49-45-71(69-37-21-33-65(53-69)61-26-10-5-11-27-61)57-80(82)95(91)79-56-70(68-36-20-32-64(52-68)60-24-8-4-9-25-60)44-48-81(79)96(83)92-75(46-50-87-89(92)77-40-16-18-42-85(77)98-87)72-38-22-34-66(54-72)62-28-12-6-13-29-62/h4-59H,1-3H3. The smallest absolute Gasteiger partial charge is 0.252 e. The van der Waals surface area contributed by atoms with Crippen molar-refractivity contribution >= 4 is 101 Å². The molecule has 4 heterocycles. The van der Waals surface area contributed by atoms with Gasteiger partial charge in [-0.05, 0) is 190 Å². The largest absolute Gasteiger partial charge is 0.456 e. The molecule has 15 aromatic carbocycles. The Morgan fingerprint density at radius 2 is 0.566 bits per heavy atom. The highest BCUT2D eigenvalue weighted by Gasteiger charge is 2.46. The van der Waals surface area contributed by atoms with Gasteiger partial charge in [0.15, 0.2) is 0 Å². The molecule has 5 heteroatoms. The summed E-state index contributed by atoms with van der Waals surface area (Å²) in [5.41, 5.74) is 32.6. The average Bonchev–Trinajstić information content (AvgIpc) is 1.39. The molecule has 0 aliphatic carbocycles. The maximum absolute atomic E-state index is 7.05. The molecule has 17 aromatic rings. The Balaban J connectivity index is 0.966. The molecule has 2 aromatic heterocycles. The van der Waals surface area contributed by atoms with Crippen molar-refractivity contribution in [1.29, 1.82) is 0 Å². The molecule has 0 fully saturated rings. The average molecular weight is 1270 g/mol. The molecule has 0 saturated carbocycles. The van der Waals surface area contributed by atoms with Crippen molar-refractivity contribution in [1.82, 2.24) is 0 Å². The zero-order valence-corrected chi connectivity index (χ0v) is 55.1. The molecular weight excluding hydrogens is 1200 g/mol. The third-order valence-corrected chi connectivity index (χ3v) is 20.6. The number of rotatable bonds is 10. The van der Waals surface area contributed by atoms with Gasteiger partial charge in [0.1, 0.15) is 22.3 Å². The van der Waals surface area contributed by atoms with Crippen LogP contribution >= 0.6 is 0 Å². The van der Waals surface area contributed by atoms with Crippen molar-refractivity contribution in [2.45, 2.75) is 26.2 Å². The van der Waals surface area contributed by atoms with Crippen LogP contribution in [-0.2, 0) is 5.41 Å². The van der Waals surface area contributed by atoms with Gasteiger partial charge in [-0.2, -0.15) is 0 Å². The zero-order chi connectivity index (χ0) is 65.9. The van der Waals surface area contributed by atoms with E-state index in [1.807, 2.05) is 0 Å². The Morgan fingerprint density at radius 1 is 0.253 bits per heavy atom. The quantitative estimate of drug-likeness (QED) is 0.128. The van der Waals surface area contributed by atoms with E-state index in [2.05, 4.69) is 370 Å². The Kier molecular flexibility index (Phi) is 13.6. The van der Waals surface area contributed by atoms with E-state index >= 15 is 0 Å². The number of anilines is 6. The maximum Gasteiger partial charge on any atom is 0.252 e. The monoisotopic (exact) mass is 1260 g/mol. The first kappa shape index (κ1) is 58.0. The van der Waals surface area contributed by atoms with E-state index in [9.17, 15) is 0 Å². The van der Waals surface area contributed by atoms with Crippen LogP contribution in [-0.4, -0.2) is 6.71 Å². The minimum absolute atomic E-state index is 0.286. The lowest BCUT2D eigenvalue weighted by Gasteiger charge is -2.46. The fraction of sp³-hybridized carbons (Fsp3) is 0.0426. The minimum Gasteiger partial charge on any atom is -0.456 e. The number of benzene rings is 15. The van der Waals surface area contributed by atoms with Crippen LogP contribution in [0.1, 0.15) is 26.3 Å². The maximum atomic E-state index is 7.05. The molecule has 4 nitrogen and oxygen atoms in total. The highest BCUT2D eigenvalue weighted by atomic mass is 16.3. The molecule has 0 amide bonds. The second kappa shape index (κ2) is 23.2. The molecule has 0 spiro atoms. The van der Waals surface area contributed by atoms with Gasteiger partial charge in [0.2, 0.25) is 0 Å². The van der Waals surface area contributed by atoms with E-state index in [0.29, 0.717) is 0 Å². The normalized spacial score (nSPS) is 12.5. The van der Waals surface area contributed by atoms with E-state index in [-0.39, 0.29) is 12.1 Å².